The van der Waals surface area contributed by atoms with Gasteiger partial charge in [0.2, 0.25) is 0 Å². The Morgan fingerprint density at radius 3 is 2.44 bits per heavy atom. The van der Waals surface area contributed by atoms with E-state index in [1.165, 1.54) is 0 Å². The first-order valence-corrected chi connectivity index (χ1v) is 3.58. The monoisotopic (exact) mass is 150 g/mol. The standard InChI is InChI=1S/C6H11ClO2/c7-5-3-1-2-4-6(8)9/h1-5H2,(H,8,9). The zero-order chi connectivity index (χ0) is 7.11. The summed E-state index contributed by atoms with van der Waals surface area (Å²) < 4.78 is 0. The summed E-state index contributed by atoms with van der Waals surface area (Å²) in [5.74, 6) is -0.0795. The summed E-state index contributed by atoms with van der Waals surface area (Å²) in [4.78, 5) is 9.93. The summed E-state index contributed by atoms with van der Waals surface area (Å²) in [6, 6.07) is 0. The fourth-order valence-electron chi connectivity index (χ4n) is 0.547. The van der Waals surface area contributed by atoms with Gasteiger partial charge in [0, 0.05) is 12.3 Å². The first-order chi connectivity index (χ1) is 4.27. The zero-order valence-corrected chi connectivity index (χ0v) is 6.02. The maximum Gasteiger partial charge on any atom is 0.303 e. The van der Waals surface area contributed by atoms with Crippen LogP contribution in [0, 0.1) is 0 Å². The molecule has 0 amide bonds. The Bertz CT molecular complexity index is 83.1. The molecule has 9 heavy (non-hydrogen) atoms. The molecule has 0 aromatic heterocycles. The highest BCUT2D eigenvalue weighted by molar-refractivity contribution is 6.17. The van der Waals surface area contributed by atoms with Crippen LogP contribution in [0.5, 0.6) is 0 Å². The second-order valence-corrected chi connectivity index (χ2v) is 2.27. The van der Waals surface area contributed by atoms with E-state index in [4.69, 9.17) is 16.7 Å². The van der Waals surface area contributed by atoms with E-state index in [2.05, 4.69) is 0 Å². The van der Waals surface area contributed by atoms with Gasteiger partial charge in [-0.05, 0) is 12.8 Å². The minimum Gasteiger partial charge on any atom is -0.481 e. The molecule has 0 radical (unpaired) electrons. The molecule has 0 atom stereocenters. The van der Waals surface area contributed by atoms with E-state index >= 15 is 0 Å². The molecule has 0 fully saturated rings. The van der Waals surface area contributed by atoms with E-state index < -0.39 is 5.97 Å². The summed E-state index contributed by atoms with van der Waals surface area (Å²) >= 11 is 5.37. The lowest BCUT2D eigenvalue weighted by Crippen LogP contribution is -1.93. The molecule has 54 valence electrons. The normalized spacial score (nSPS) is 9.44. The van der Waals surface area contributed by atoms with Gasteiger partial charge in [-0.2, -0.15) is 0 Å². The van der Waals surface area contributed by atoms with Crippen molar-refractivity contribution in [1.82, 2.24) is 0 Å². The summed E-state index contributed by atoms with van der Waals surface area (Å²) in [5.41, 5.74) is 0. The van der Waals surface area contributed by atoms with Gasteiger partial charge >= 0.3 is 5.97 Å². The molecule has 2 nitrogen and oxygen atoms in total. The van der Waals surface area contributed by atoms with E-state index in [0.717, 1.165) is 19.3 Å². The van der Waals surface area contributed by atoms with Crippen LogP contribution in [0.1, 0.15) is 25.7 Å². The number of carboxylic acid groups (broad SMARTS) is 1. The molecule has 0 saturated heterocycles. The van der Waals surface area contributed by atoms with Crippen LogP contribution < -0.4 is 0 Å². The number of alkyl halides is 1. The molecule has 0 saturated carbocycles. The zero-order valence-electron chi connectivity index (χ0n) is 5.27. The molecule has 0 unspecified atom stereocenters. The van der Waals surface area contributed by atoms with Gasteiger partial charge in [0.15, 0.2) is 0 Å². The van der Waals surface area contributed by atoms with Gasteiger partial charge < -0.3 is 5.11 Å². The summed E-state index contributed by atoms with van der Waals surface area (Å²) in [6.07, 6.45) is 2.88. The predicted molar refractivity (Wildman–Crippen MR) is 36.8 cm³/mol. The van der Waals surface area contributed by atoms with Gasteiger partial charge in [0.05, 0.1) is 0 Å². The third kappa shape index (κ3) is 7.76. The van der Waals surface area contributed by atoms with Crippen molar-refractivity contribution in [3.63, 3.8) is 0 Å². The number of unbranched alkanes of at least 4 members (excludes halogenated alkanes) is 2. The Balaban J connectivity index is 2.83. The number of carbonyl (C=O) groups is 1. The smallest absolute Gasteiger partial charge is 0.303 e. The van der Waals surface area contributed by atoms with Crippen molar-refractivity contribution in [2.75, 3.05) is 5.88 Å². The number of carboxylic acids is 1. The van der Waals surface area contributed by atoms with Crippen molar-refractivity contribution in [2.45, 2.75) is 25.7 Å². The molecule has 0 aliphatic carbocycles. The van der Waals surface area contributed by atoms with Gasteiger partial charge in [-0.1, -0.05) is 6.42 Å². The minimum atomic E-state index is -0.718. The molecule has 0 bridgehead atoms. The van der Waals surface area contributed by atoms with Crippen molar-refractivity contribution in [3.8, 4) is 0 Å². The first kappa shape index (κ1) is 8.76. The van der Waals surface area contributed by atoms with Crippen molar-refractivity contribution < 1.29 is 9.90 Å². The van der Waals surface area contributed by atoms with Crippen LogP contribution in [0.3, 0.4) is 0 Å². The van der Waals surface area contributed by atoms with Crippen LogP contribution in [-0.4, -0.2) is 17.0 Å². The molecule has 3 heteroatoms. The number of hydrogen-bond acceptors (Lipinski definition) is 1. The highest BCUT2D eigenvalue weighted by atomic mass is 35.5. The fourth-order valence-corrected chi connectivity index (χ4v) is 0.736. The fraction of sp³-hybridized carbons (Fsp3) is 0.833. The van der Waals surface area contributed by atoms with E-state index in [1.54, 1.807) is 0 Å². The van der Waals surface area contributed by atoms with Crippen LogP contribution in [-0.2, 0) is 4.79 Å². The van der Waals surface area contributed by atoms with Crippen LogP contribution in [0.25, 0.3) is 0 Å². The first-order valence-electron chi connectivity index (χ1n) is 3.05. The third-order valence-corrected chi connectivity index (χ3v) is 1.29. The maximum atomic E-state index is 9.93. The topological polar surface area (TPSA) is 37.3 Å². The second kappa shape index (κ2) is 5.89. The van der Waals surface area contributed by atoms with Crippen LogP contribution in [0.15, 0.2) is 0 Å². The average molecular weight is 151 g/mol. The molecular weight excluding hydrogens is 140 g/mol. The molecule has 1 N–H and O–H groups in total. The molecule has 0 spiro atoms. The lowest BCUT2D eigenvalue weighted by atomic mass is 10.2. The molecule has 0 aromatic carbocycles. The summed E-state index contributed by atoms with van der Waals surface area (Å²) in [5, 5.41) is 8.18. The Morgan fingerprint density at radius 2 is 2.00 bits per heavy atom. The van der Waals surface area contributed by atoms with Gasteiger partial charge in [-0.25, -0.2) is 0 Å². The quantitative estimate of drug-likeness (QED) is 0.480. The van der Waals surface area contributed by atoms with Crippen molar-refractivity contribution in [3.05, 3.63) is 0 Å². The summed E-state index contributed by atoms with van der Waals surface area (Å²) in [7, 11) is 0. The third-order valence-electron chi connectivity index (χ3n) is 1.02. The van der Waals surface area contributed by atoms with Crippen LogP contribution in [0.2, 0.25) is 0 Å². The lowest BCUT2D eigenvalue weighted by molar-refractivity contribution is -0.137. The SMILES string of the molecule is O=C(O)CCCCCCl. The van der Waals surface area contributed by atoms with Crippen molar-refractivity contribution in [1.29, 1.82) is 0 Å². The van der Waals surface area contributed by atoms with Crippen LogP contribution >= 0.6 is 11.6 Å². The Morgan fingerprint density at radius 1 is 1.33 bits per heavy atom. The number of halogens is 1. The van der Waals surface area contributed by atoms with Crippen LogP contribution in [0.4, 0.5) is 0 Å². The highest BCUT2D eigenvalue weighted by Crippen LogP contribution is 2.00. The molecule has 0 heterocycles. The molecule has 0 aromatic rings. The van der Waals surface area contributed by atoms with Gasteiger partial charge in [0.25, 0.3) is 0 Å². The second-order valence-electron chi connectivity index (χ2n) is 1.89. The highest BCUT2D eigenvalue weighted by Gasteiger charge is 1.94. The number of hydrogen-bond donors (Lipinski definition) is 1. The minimum absolute atomic E-state index is 0.275. The van der Waals surface area contributed by atoms with E-state index in [-0.39, 0.29) is 6.42 Å². The molecule has 0 aliphatic heterocycles. The van der Waals surface area contributed by atoms with E-state index in [1.807, 2.05) is 0 Å². The van der Waals surface area contributed by atoms with Gasteiger partial charge in [-0.3, -0.25) is 4.79 Å². The van der Waals surface area contributed by atoms with Crippen molar-refractivity contribution >= 4 is 17.6 Å². The largest absolute Gasteiger partial charge is 0.481 e. The van der Waals surface area contributed by atoms with Crippen molar-refractivity contribution in [2.24, 2.45) is 0 Å². The molecular formula is C6H11ClO2. The lowest BCUT2D eigenvalue weighted by Gasteiger charge is -1.92. The summed E-state index contributed by atoms with van der Waals surface area (Å²) in [6.45, 7) is 0. The molecule has 0 rings (SSSR count). The van der Waals surface area contributed by atoms with E-state index in [0.29, 0.717) is 5.88 Å². The van der Waals surface area contributed by atoms with Gasteiger partial charge in [-0.15, -0.1) is 11.6 Å². The van der Waals surface area contributed by atoms with E-state index in [9.17, 15) is 4.79 Å². The Hall–Kier alpha value is -0.240. The Labute approximate surface area is 59.8 Å². The number of aliphatic carboxylic acids is 1. The Kier molecular flexibility index (Phi) is 5.73. The van der Waals surface area contributed by atoms with Gasteiger partial charge in [0.1, 0.15) is 0 Å². The average Bonchev–Trinajstić information content (AvgIpc) is 1.80. The number of rotatable bonds is 5. The predicted octanol–water partition coefficient (Wildman–Crippen LogP) is 1.87. The maximum absolute atomic E-state index is 9.93. The molecule has 0 aliphatic rings.